The predicted octanol–water partition coefficient (Wildman–Crippen LogP) is 6.88. The number of nitrogens with zero attached hydrogens (tertiary/aromatic N) is 2. The summed E-state index contributed by atoms with van der Waals surface area (Å²) in [5.74, 6) is 0.709. The standard InChI is InChI=1S/C22H17NO3.C15H11NO3/c1-25-21-13-17(22(24)19-10-6-5-9-18(19)14-23)11-12-20(21)26-15-16-7-3-2-4-8-16;1-19-14-8-10(6-7-13(14)17)15(18)12-5-3-2-4-11(12)9-16/h2-13H,15H2,1H3;2-8,17H,1H3. The summed E-state index contributed by atoms with van der Waals surface area (Å²) in [5.41, 5.74) is 3.21. The lowest BCUT2D eigenvalue weighted by molar-refractivity contribution is 0.103. The van der Waals surface area contributed by atoms with Crippen molar-refractivity contribution in [2.75, 3.05) is 14.2 Å². The smallest absolute Gasteiger partial charge is 0.194 e. The number of phenols is 1. The molecule has 8 nitrogen and oxygen atoms in total. The fourth-order valence-corrected chi connectivity index (χ4v) is 4.35. The minimum atomic E-state index is -0.282. The van der Waals surface area contributed by atoms with Gasteiger partial charge in [-0.05, 0) is 66.2 Å². The number of hydrogen-bond donors (Lipinski definition) is 1. The zero-order valence-corrected chi connectivity index (χ0v) is 24.6. The Balaban J connectivity index is 0.000000215. The molecule has 8 heteroatoms. The topological polar surface area (TPSA) is 130 Å². The Labute approximate surface area is 260 Å². The van der Waals surface area contributed by atoms with E-state index in [1.807, 2.05) is 42.5 Å². The number of benzene rings is 5. The number of methoxy groups -OCH3 is 2. The molecule has 0 aromatic heterocycles. The van der Waals surface area contributed by atoms with Crippen LogP contribution in [0.1, 0.15) is 48.5 Å². The molecule has 0 bridgehead atoms. The summed E-state index contributed by atoms with van der Waals surface area (Å²) in [4.78, 5) is 25.1. The summed E-state index contributed by atoms with van der Waals surface area (Å²) in [6.07, 6.45) is 0. The van der Waals surface area contributed by atoms with E-state index < -0.39 is 0 Å². The summed E-state index contributed by atoms with van der Waals surface area (Å²) in [6, 6.07) is 36.5. The number of nitriles is 2. The molecule has 0 saturated carbocycles. The summed E-state index contributed by atoms with van der Waals surface area (Å²) < 4.78 is 16.1. The minimum Gasteiger partial charge on any atom is -0.504 e. The average Bonchev–Trinajstić information content (AvgIpc) is 3.10. The number of aromatic hydroxyl groups is 1. The second-order valence-electron chi connectivity index (χ2n) is 9.50. The zero-order chi connectivity index (χ0) is 32.2. The Morgan fingerprint density at radius 3 is 1.64 bits per heavy atom. The highest BCUT2D eigenvalue weighted by atomic mass is 16.5. The van der Waals surface area contributed by atoms with Crippen molar-refractivity contribution < 1.29 is 28.9 Å². The quantitative estimate of drug-likeness (QED) is 0.182. The van der Waals surface area contributed by atoms with Crippen LogP contribution in [0.3, 0.4) is 0 Å². The fourth-order valence-electron chi connectivity index (χ4n) is 4.35. The van der Waals surface area contributed by atoms with Crippen molar-refractivity contribution in [2.45, 2.75) is 6.61 Å². The Morgan fingerprint density at radius 2 is 1.11 bits per heavy atom. The van der Waals surface area contributed by atoms with Gasteiger partial charge in [-0.3, -0.25) is 9.59 Å². The second kappa shape index (κ2) is 15.2. The number of ether oxygens (including phenoxy) is 3. The van der Waals surface area contributed by atoms with Crippen molar-refractivity contribution in [3.8, 4) is 35.1 Å². The van der Waals surface area contributed by atoms with Crippen LogP contribution in [0, 0.1) is 22.7 Å². The second-order valence-corrected chi connectivity index (χ2v) is 9.50. The molecular weight excluding hydrogens is 568 g/mol. The van der Waals surface area contributed by atoms with Gasteiger partial charge in [-0.2, -0.15) is 10.5 Å². The van der Waals surface area contributed by atoms with Gasteiger partial charge >= 0.3 is 0 Å². The van der Waals surface area contributed by atoms with E-state index in [9.17, 15) is 20.0 Å². The lowest BCUT2D eigenvalue weighted by Gasteiger charge is -2.12. The first-order valence-corrected chi connectivity index (χ1v) is 13.7. The van der Waals surface area contributed by atoms with Crippen LogP contribution >= 0.6 is 0 Å². The molecule has 5 aromatic rings. The molecule has 0 atom stereocenters. The van der Waals surface area contributed by atoms with Gasteiger partial charge in [-0.15, -0.1) is 0 Å². The Morgan fingerprint density at radius 1 is 0.622 bits per heavy atom. The minimum absolute atomic E-state index is 0.0346. The molecule has 1 N–H and O–H groups in total. The van der Waals surface area contributed by atoms with Crippen LogP contribution in [0.25, 0.3) is 0 Å². The van der Waals surface area contributed by atoms with Crippen LogP contribution < -0.4 is 14.2 Å². The van der Waals surface area contributed by atoms with Gasteiger partial charge in [-0.25, -0.2) is 0 Å². The molecule has 0 radical (unpaired) electrons. The first kappa shape index (κ1) is 31.6. The normalized spacial score (nSPS) is 9.87. The molecule has 0 aliphatic heterocycles. The predicted molar refractivity (Wildman–Crippen MR) is 168 cm³/mol. The fraction of sp³-hybridized carbons (Fsp3) is 0.0811. The summed E-state index contributed by atoms with van der Waals surface area (Å²) >= 11 is 0. The Bertz CT molecular complexity index is 1910. The third-order valence-corrected chi connectivity index (χ3v) is 6.69. The molecule has 0 unspecified atom stereocenters. The van der Waals surface area contributed by atoms with Crippen LogP contribution in [0.5, 0.6) is 23.0 Å². The lowest BCUT2D eigenvalue weighted by atomic mass is 9.99. The zero-order valence-electron chi connectivity index (χ0n) is 24.6. The molecule has 0 spiro atoms. The van der Waals surface area contributed by atoms with Crippen molar-refractivity contribution in [1.29, 1.82) is 10.5 Å². The van der Waals surface area contributed by atoms with Crippen molar-refractivity contribution in [1.82, 2.24) is 0 Å². The van der Waals surface area contributed by atoms with Crippen molar-refractivity contribution >= 4 is 11.6 Å². The molecule has 0 aliphatic rings. The van der Waals surface area contributed by atoms with Crippen LogP contribution in [0.2, 0.25) is 0 Å². The van der Waals surface area contributed by atoms with Gasteiger partial charge < -0.3 is 19.3 Å². The number of ketones is 2. The van der Waals surface area contributed by atoms with Crippen molar-refractivity contribution in [3.05, 3.63) is 154 Å². The number of carbonyl (C=O) groups excluding carboxylic acids is 2. The van der Waals surface area contributed by atoms with E-state index in [2.05, 4.69) is 0 Å². The third-order valence-electron chi connectivity index (χ3n) is 6.69. The van der Waals surface area contributed by atoms with E-state index in [1.165, 1.54) is 32.4 Å². The van der Waals surface area contributed by atoms with Gasteiger partial charge in [0, 0.05) is 22.3 Å². The number of phenolic OH excluding ortho intramolecular Hbond substituents is 1. The van der Waals surface area contributed by atoms with Gasteiger partial charge in [0.2, 0.25) is 0 Å². The van der Waals surface area contributed by atoms with E-state index in [-0.39, 0.29) is 23.1 Å². The van der Waals surface area contributed by atoms with Gasteiger partial charge in [0.1, 0.15) is 6.61 Å². The van der Waals surface area contributed by atoms with E-state index >= 15 is 0 Å². The number of carbonyl (C=O) groups is 2. The van der Waals surface area contributed by atoms with Gasteiger partial charge in [0.25, 0.3) is 0 Å². The highest BCUT2D eigenvalue weighted by Gasteiger charge is 2.17. The van der Waals surface area contributed by atoms with E-state index in [1.54, 1.807) is 66.7 Å². The average molecular weight is 597 g/mol. The molecule has 0 amide bonds. The van der Waals surface area contributed by atoms with Crippen LogP contribution in [-0.2, 0) is 6.61 Å². The highest BCUT2D eigenvalue weighted by Crippen LogP contribution is 2.30. The van der Waals surface area contributed by atoms with Crippen LogP contribution in [0.4, 0.5) is 0 Å². The van der Waals surface area contributed by atoms with E-state index in [0.29, 0.717) is 51.5 Å². The van der Waals surface area contributed by atoms with Crippen LogP contribution in [0.15, 0.2) is 115 Å². The molecular formula is C37H28N2O6. The van der Waals surface area contributed by atoms with Gasteiger partial charge in [0.15, 0.2) is 34.6 Å². The number of rotatable bonds is 9. The first-order valence-electron chi connectivity index (χ1n) is 13.7. The van der Waals surface area contributed by atoms with E-state index in [4.69, 9.17) is 19.5 Å². The van der Waals surface area contributed by atoms with Gasteiger partial charge in [-0.1, -0.05) is 54.6 Å². The largest absolute Gasteiger partial charge is 0.504 e. The summed E-state index contributed by atoms with van der Waals surface area (Å²) in [7, 11) is 2.94. The SMILES string of the molecule is COc1cc(C(=O)c2ccccc2C#N)ccc1O.COc1cc(C(=O)c2ccccc2C#N)ccc1OCc1ccccc1. The molecule has 5 rings (SSSR count). The van der Waals surface area contributed by atoms with Gasteiger partial charge in [0.05, 0.1) is 37.5 Å². The monoisotopic (exact) mass is 596 g/mol. The lowest BCUT2D eigenvalue weighted by Crippen LogP contribution is -2.05. The maximum absolute atomic E-state index is 12.7. The van der Waals surface area contributed by atoms with Crippen molar-refractivity contribution in [2.24, 2.45) is 0 Å². The molecule has 0 heterocycles. The maximum atomic E-state index is 12.7. The highest BCUT2D eigenvalue weighted by molar-refractivity contribution is 6.11. The van der Waals surface area contributed by atoms with E-state index in [0.717, 1.165) is 5.56 Å². The molecule has 0 saturated heterocycles. The molecule has 45 heavy (non-hydrogen) atoms. The summed E-state index contributed by atoms with van der Waals surface area (Å²) in [5, 5.41) is 27.7. The maximum Gasteiger partial charge on any atom is 0.194 e. The van der Waals surface area contributed by atoms with Crippen LogP contribution in [-0.4, -0.2) is 30.9 Å². The Kier molecular flexibility index (Phi) is 10.7. The Hall–Kier alpha value is -6.38. The molecule has 0 aliphatic carbocycles. The molecule has 5 aromatic carbocycles. The first-order chi connectivity index (χ1) is 21.9. The van der Waals surface area contributed by atoms with Crippen molar-refractivity contribution in [3.63, 3.8) is 0 Å². The molecule has 0 fully saturated rings. The molecule has 222 valence electrons. The summed E-state index contributed by atoms with van der Waals surface area (Å²) in [6.45, 7) is 0.405. The number of hydrogen-bond acceptors (Lipinski definition) is 8. The third kappa shape index (κ3) is 7.72.